The molecular formula is C22H26FN3O6S. The van der Waals surface area contributed by atoms with Gasteiger partial charge < -0.3 is 19.7 Å². The van der Waals surface area contributed by atoms with Gasteiger partial charge in [-0.15, -0.1) is 0 Å². The Hall–Kier alpha value is -3.18. The van der Waals surface area contributed by atoms with E-state index in [1.807, 2.05) is 0 Å². The molecule has 0 saturated carbocycles. The second-order valence-corrected chi connectivity index (χ2v) is 9.84. The van der Waals surface area contributed by atoms with Gasteiger partial charge in [0.15, 0.2) is 11.5 Å². The lowest BCUT2D eigenvalue weighted by molar-refractivity contribution is -0.140. The molecule has 0 aliphatic carbocycles. The summed E-state index contributed by atoms with van der Waals surface area (Å²) in [5.41, 5.74) is 1.38. The Morgan fingerprint density at radius 2 is 1.73 bits per heavy atom. The van der Waals surface area contributed by atoms with Crippen molar-refractivity contribution in [2.45, 2.75) is 26.1 Å². The van der Waals surface area contributed by atoms with Crippen LogP contribution in [0.1, 0.15) is 18.1 Å². The fourth-order valence-corrected chi connectivity index (χ4v) is 3.50. The number of halogens is 1. The van der Waals surface area contributed by atoms with E-state index in [-0.39, 0.29) is 19.9 Å². The number of amides is 2. The zero-order valence-electron chi connectivity index (χ0n) is 18.6. The molecule has 1 atom stereocenters. The van der Waals surface area contributed by atoms with Crippen LogP contribution in [0.15, 0.2) is 42.5 Å². The van der Waals surface area contributed by atoms with Gasteiger partial charge in [-0.25, -0.2) is 12.8 Å². The number of hydrogen-bond acceptors (Lipinski definition) is 6. The molecule has 2 aromatic rings. The van der Waals surface area contributed by atoms with Crippen LogP contribution in [0.25, 0.3) is 0 Å². The first kappa shape index (κ1) is 24.5. The first-order valence-corrected chi connectivity index (χ1v) is 12.0. The van der Waals surface area contributed by atoms with E-state index in [9.17, 15) is 22.4 Å². The van der Waals surface area contributed by atoms with Crippen LogP contribution < -0.4 is 14.8 Å². The van der Waals surface area contributed by atoms with Crippen molar-refractivity contribution >= 4 is 21.8 Å². The number of sulfonamides is 1. The Morgan fingerprint density at radius 3 is 2.39 bits per heavy atom. The SMILES string of the molecule is C[C@@H](C(=O)NCc1ccc2c(c1)OCO2)N(Cc1ccc(F)cc1)C(=O)CN(C)S(C)(=O)=O. The summed E-state index contributed by atoms with van der Waals surface area (Å²) in [6, 6.07) is 9.91. The van der Waals surface area contributed by atoms with E-state index in [4.69, 9.17) is 9.47 Å². The topological polar surface area (TPSA) is 105 Å². The zero-order chi connectivity index (χ0) is 24.2. The Kier molecular flexibility index (Phi) is 7.54. The highest BCUT2D eigenvalue weighted by Gasteiger charge is 2.28. The number of nitrogens with one attached hydrogen (secondary N) is 1. The van der Waals surface area contributed by atoms with Crippen LogP contribution in [0.2, 0.25) is 0 Å². The number of likely N-dealkylation sites (N-methyl/N-ethyl adjacent to an activating group) is 1. The number of fused-ring (bicyclic) bond motifs is 1. The van der Waals surface area contributed by atoms with Crippen LogP contribution in [0.5, 0.6) is 11.5 Å². The third-order valence-corrected chi connectivity index (χ3v) is 6.52. The van der Waals surface area contributed by atoms with Gasteiger partial charge in [0, 0.05) is 20.1 Å². The average molecular weight is 480 g/mol. The van der Waals surface area contributed by atoms with E-state index in [0.717, 1.165) is 16.1 Å². The van der Waals surface area contributed by atoms with Crippen molar-refractivity contribution in [2.75, 3.05) is 26.6 Å². The lowest BCUT2D eigenvalue weighted by Crippen LogP contribution is -2.50. The summed E-state index contributed by atoms with van der Waals surface area (Å²) in [6.45, 7) is 1.47. The van der Waals surface area contributed by atoms with Crippen molar-refractivity contribution in [3.63, 3.8) is 0 Å². The highest BCUT2D eigenvalue weighted by Crippen LogP contribution is 2.32. The van der Waals surface area contributed by atoms with Gasteiger partial charge in [0.2, 0.25) is 28.6 Å². The fraction of sp³-hybridized carbons (Fsp3) is 0.364. The van der Waals surface area contributed by atoms with Crippen molar-refractivity contribution in [2.24, 2.45) is 0 Å². The van der Waals surface area contributed by atoms with Crippen LogP contribution in [0, 0.1) is 5.82 Å². The minimum absolute atomic E-state index is 0.00925. The number of carbonyl (C=O) groups is 2. The maximum atomic E-state index is 13.3. The van der Waals surface area contributed by atoms with E-state index in [2.05, 4.69) is 5.32 Å². The van der Waals surface area contributed by atoms with Gasteiger partial charge in [0.25, 0.3) is 0 Å². The Balaban J connectivity index is 1.72. The van der Waals surface area contributed by atoms with Crippen LogP contribution in [0.4, 0.5) is 4.39 Å². The predicted octanol–water partition coefficient (Wildman–Crippen LogP) is 1.48. The number of hydrogen-bond donors (Lipinski definition) is 1. The summed E-state index contributed by atoms with van der Waals surface area (Å²) in [5, 5.41) is 2.78. The molecule has 2 amide bonds. The van der Waals surface area contributed by atoms with Gasteiger partial charge in [-0.2, -0.15) is 4.31 Å². The van der Waals surface area contributed by atoms with E-state index < -0.39 is 40.2 Å². The number of carbonyl (C=O) groups excluding carboxylic acids is 2. The summed E-state index contributed by atoms with van der Waals surface area (Å²) >= 11 is 0. The largest absolute Gasteiger partial charge is 0.454 e. The van der Waals surface area contributed by atoms with E-state index in [0.29, 0.717) is 17.1 Å². The van der Waals surface area contributed by atoms with Gasteiger partial charge in [0.1, 0.15) is 11.9 Å². The summed E-state index contributed by atoms with van der Waals surface area (Å²) in [5.74, 6) is -0.192. The van der Waals surface area contributed by atoms with Crippen LogP contribution in [0.3, 0.4) is 0 Å². The third kappa shape index (κ3) is 6.42. The number of nitrogens with zero attached hydrogens (tertiary/aromatic N) is 2. The van der Waals surface area contributed by atoms with Crippen LogP contribution in [-0.2, 0) is 32.7 Å². The molecular weight excluding hydrogens is 453 g/mol. The lowest BCUT2D eigenvalue weighted by Gasteiger charge is -2.30. The summed E-state index contributed by atoms with van der Waals surface area (Å²) in [7, 11) is -2.31. The minimum Gasteiger partial charge on any atom is -0.454 e. The molecule has 178 valence electrons. The van der Waals surface area contributed by atoms with Gasteiger partial charge in [-0.1, -0.05) is 18.2 Å². The zero-order valence-corrected chi connectivity index (χ0v) is 19.4. The average Bonchev–Trinajstić information content (AvgIpc) is 3.23. The molecule has 1 aliphatic heterocycles. The molecule has 11 heteroatoms. The van der Waals surface area contributed by atoms with Crippen molar-refractivity contribution in [3.05, 3.63) is 59.4 Å². The van der Waals surface area contributed by atoms with Crippen LogP contribution >= 0.6 is 0 Å². The van der Waals surface area contributed by atoms with Crippen molar-refractivity contribution in [3.8, 4) is 11.5 Å². The molecule has 1 N–H and O–H groups in total. The lowest BCUT2D eigenvalue weighted by atomic mass is 10.1. The van der Waals surface area contributed by atoms with Crippen LogP contribution in [-0.4, -0.2) is 62.1 Å². The maximum absolute atomic E-state index is 13.3. The monoisotopic (exact) mass is 479 g/mol. The van der Waals surface area contributed by atoms with Crippen molar-refractivity contribution in [1.82, 2.24) is 14.5 Å². The summed E-state index contributed by atoms with van der Waals surface area (Å²) in [4.78, 5) is 27.1. The predicted molar refractivity (Wildman–Crippen MR) is 118 cm³/mol. The Labute approximate surface area is 192 Å². The minimum atomic E-state index is -3.59. The molecule has 1 heterocycles. The fourth-order valence-electron chi connectivity index (χ4n) is 3.16. The second-order valence-electron chi connectivity index (χ2n) is 7.75. The van der Waals surface area contributed by atoms with Crippen molar-refractivity contribution in [1.29, 1.82) is 0 Å². The number of ether oxygens (including phenoxy) is 2. The molecule has 0 fully saturated rings. The standard InChI is InChI=1S/C22H26FN3O6S/c1-15(22(28)24-11-17-6-9-19-20(10-17)32-14-31-19)26(12-16-4-7-18(23)8-5-16)21(27)13-25(2)33(3,29)30/h4-10,15H,11-14H2,1-3H3,(H,24,28)/t15-/m0/s1. The molecule has 0 aromatic heterocycles. The molecule has 1 aliphatic rings. The maximum Gasteiger partial charge on any atom is 0.242 e. The Bertz CT molecular complexity index is 1120. The molecule has 33 heavy (non-hydrogen) atoms. The molecule has 0 spiro atoms. The Morgan fingerprint density at radius 1 is 1.09 bits per heavy atom. The smallest absolute Gasteiger partial charge is 0.242 e. The molecule has 0 radical (unpaired) electrons. The van der Waals surface area contributed by atoms with Gasteiger partial charge >= 0.3 is 0 Å². The van der Waals surface area contributed by atoms with E-state index in [1.54, 1.807) is 25.1 Å². The summed E-state index contributed by atoms with van der Waals surface area (Å²) < 4.78 is 48.3. The highest BCUT2D eigenvalue weighted by atomic mass is 32.2. The number of benzene rings is 2. The molecule has 0 unspecified atom stereocenters. The molecule has 0 bridgehead atoms. The van der Waals surface area contributed by atoms with E-state index in [1.165, 1.54) is 36.2 Å². The van der Waals surface area contributed by atoms with E-state index >= 15 is 0 Å². The van der Waals surface area contributed by atoms with Crippen molar-refractivity contribution < 1.29 is 31.9 Å². The molecule has 2 aromatic carbocycles. The first-order chi connectivity index (χ1) is 15.5. The molecule has 0 saturated heterocycles. The number of rotatable bonds is 9. The third-order valence-electron chi connectivity index (χ3n) is 5.26. The molecule has 9 nitrogen and oxygen atoms in total. The summed E-state index contributed by atoms with van der Waals surface area (Å²) in [6.07, 6.45) is 0.992. The highest BCUT2D eigenvalue weighted by molar-refractivity contribution is 7.88. The van der Waals surface area contributed by atoms with Gasteiger partial charge in [0.05, 0.1) is 12.8 Å². The second kappa shape index (κ2) is 10.2. The normalized spacial score (nSPS) is 13.6. The molecule has 3 rings (SSSR count). The quantitative estimate of drug-likeness (QED) is 0.584. The van der Waals surface area contributed by atoms with Gasteiger partial charge in [-0.05, 0) is 42.3 Å². The van der Waals surface area contributed by atoms with Gasteiger partial charge in [-0.3, -0.25) is 9.59 Å². The first-order valence-electron chi connectivity index (χ1n) is 10.2.